The lowest BCUT2D eigenvalue weighted by Gasteiger charge is -2.12. The van der Waals surface area contributed by atoms with Crippen LogP contribution in [0, 0.1) is 5.82 Å². The van der Waals surface area contributed by atoms with Crippen LogP contribution in [0.5, 0.6) is 0 Å². The summed E-state index contributed by atoms with van der Waals surface area (Å²) in [6, 6.07) is 4.62. The molecule has 0 aliphatic carbocycles. The number of aromatic nitrogens is 2. The van der Waals surface area contributed by atoms with Crippen LogP contribution < -0.4 is 4.90 Å². The van der Waals surface area contributed by atoms with Gasteiger partial charge in [-0.05, 0) is 24.6 Å². The molecule has 1 unspecified atom stereocenters. The predicted octanol–water partition coefficient (Wildman–Crippen LogP) is 2.68. The summed E-state index contributed by atoms with van der Waals surface area (Å²) in [7, 11) is 0. The van der Waals surface area contributed by atoms with Gasteiger partial charge in [-0.3, -0.25) is 0 Å². The van der Waals surface area contributed by atoms with E-state index in [9.17, 15) is 4.39 Å². The molecule has 84 valence electrons. The van der Waals surface area contributed by atoms with Crippen molar-refractivity contribution in [3.05, 3.63) is 24.0 Å². The van der Waals surface area contributed by atoms with Crippen molar-refractivity contribution in [3.8, 4) is 0 Å². The van der Waals surface area contributed by atoms with E-state index < -0.39 is 0 Å². The maximum Gasteiger partial charge on any atom is 0.203 e. The Hall–Kier alpha value is -1.10. The first-order chi connectivity index (χ1) is 7.72. The average molecular weight is 284 g/mol. The highest BCUT2D eigenvalue weighted by Crippen LogP contribution is 2.24. The van der Waals surface area contributed by atoms with Crippen molar-refractivity contribution >= 4 is 32.9 Å². The quantitative estimate of drug-likeness (QED) is 0.816. The fourth-order valence-corrected chi connectivity index (χ4v) is 2.58. The average Bonchev–Trinajstić information content (AvgIpc) is 2.83. The molecule has 3 rings (SSSR count). The number of imidazole rings is 1. The number of aromatic amines is 1. The zero-order valence-electron chi connectivity index (χ0n) is 8.58. The third kappa shape index (κ3) is 1.69. The molecule has 0 bridgehead atoms. The van der Waals surface area contributed by atoms with Crippen molar-refractivity contribution in [2.75, 3.05) is 18.0 Å². The molecule has 0 spiro atoms. The van der Waals surface area contributed by atoms with E-state index >= 15 is 0 Å². The van der Waals surface area contributed by atoms with E-state index in [1.54, 1.807) is 6.07 Å². The zero-order chi connectivity index (χ0) is 11.1. The number of H-pyrrole nitrogens is 1. The standard InChI is InChI=1S/C11H11BrFN3/c12-7-3-4-16(6-7)11-14-9-2-1-8(13)5-10(9)15-11/h1-2,5,7H,3-4,6H2,(H,14,15). The first-order valence-electron chi connectivity index (χ1n) is 5.27. The number of nitrogens with one attached hydrogen (secondary N) is 1. The summed E-state index contributed by atoms with van der Waals surface area (Å²) >= 11 is 3.59. The first-order valence-corrected chi connectivity index (χ1v) is 6.18. The molecule has 16 heavy (non-hydrogen) atoms. The monoisotopic (exact) mass is 283 g/mol. The molecular formula is C11H11BrFN3. The van der Waals surface area contributed by atoms with Gasteiger partial charge < -0.3 is 9.88 Å². The van der Waals surface area contributed by atoms with Gasteiger partial charge in [-0.1, -0.05) is 15.9 Å². The smallest absolute Gasteiger partial charge is 0.203 e. The van der Waals surface area contributed by atoms with Crippen LogP contribution >= 0.6 is 15.9 Å². The molecule has 1 aromatic heterocycles. The molecule has 5 heteroatoms. The van der Waals surface area contributed by atoms with E-state index in [-0.39, 0.29) is 5.82 Å². The summed E-state index contributed by atoms with van der Waals surface area (Å²) < 4.78 is 13.0. The molecule has 1 saturated heterocycles. The number of halogens is 2. The second-order valence-corrected chi connectivity index (χ2v) is 5.35. The Bertz CT molecular complexity index is 525. The molecule has 1 aromatic carbocycles. The summed E-state index contributed by atoms with van der Waals surface area (Å²) in [5, 5.41) is 0. The van der Waals surface area contributed by atoms with E-state index in [0.717, 1.165) is 36.5 Å². The van der Waals surface area contributed by atoms with Crippen LogP contribution in [-0.4, -0.2) is 27.9 Å². The summed E-state index contributed by atoms with van der Waals surface area (Å²) in [6.07, 6.45) is 1.12. The number of nitrogens with zero attached hydrogens (tertiary/aromatic N) is 2. The minimum Gasteiger partial charge on any atom is -0.341 e. The van der Waals surface area contributed by atoms with E-state index in [2.05, 4.69) is 30.8 Å². The largest absolute Gasteiger partial charge is 0.341 e. The summed E-state index contributed by atoms with van der Waals surface area (Å²) in [6.45, 7) is 1.93. The highest BCUT2D eigenvalue weighted by atomic mass is 79.9. The van der Waals surface area contributed by atoms with Crippen molar-refractivity contribution < 1.29 is 4.39 Å². The van der Waals surface area contributed by atoms with Crippen molar-refractivity contribution in [2.45, 2.75) is 11.2 Å². The number of alkyl halides is 1. The fraction of sp³-hybridized carbons (Fsp3) is 0.364. The number of fused-ring (bicyclic) bond motifs is 1. The Balaban J connectivity index is 1.99. The second kappa shape index (κ2) is 3.73. The molecule has 3 nitrogen and oxygen atoms in total. The number of hydrogen-bond donors (Lipinski definition) is 1. The molecule has 1 aliphatic heterocycles. The van der Waals surface area contributed by atoms with Gasteiger partial charge in [0.1, 0.15) is 5.82 Å². The molecule has 0 radical (unpaired) electrons. The van der Waals surface area contributed by atoms with Crippen LogP contribution in [0.25, 0.3) is 11.0 Å². The topological polar surface area (TPSA) is 31.9 Å². The van der Waals surface area contributed by atoms with Gasteiger partial charge in [0.25, 0.3) is 0 Å². The Morgan fingerprint density at radius 3 is 3.12 bits per heavy atom. The fourth-order valence-electron chi connectivity index (χ4n) is 2.03. The molecule has 1 aliphatic rings. The van der Waals surface area contributed by atoms with Gasteiger partial charge in [-0.15, -0.1) is 0 Å². The number of rotatable bonds is 1. The van der Waals surface area contributed by atoms with Crippen LogP contribution in [0.15, 0.2) is 18.2 Å². The first kappa shape index (κ1) is 10.1. The molecule has 0 amide bonds. The molecule has 1 N–H and O–H groups in total. The highest BCUT2D eigenvalue weighted by molar-refractivity contribution is 9.09. The van der Waals surface area contributed by atoms with Crippen molar-refractivity contribution in [1.29, 1.82) is 0 Å². The summed E-state index contributed by atoms with van der Waals surface area (Å²) in [4.78, 5) is 10.3. The van der Waals surface area contributed by atoms with Crippen LogP contribution in [-0.2, 0) is 0 Å². The predicted molar refractivity (Wildman–Crippen MR) is 65.6 cm³/mol. The van der Waals surface area contributed by atoms with Gasteiger partial charge in [0.05, 0.1) is 11.0 Å². The lowest BCUT2D eigenvalue weighted by molar-refractivity contribution is 0.629. The van der Waals surface area contributed by atoms with E-state index in [1.807, 2.05) is 0 Å². The van der Waals surface area contributed by atoms with Gasteiger partial charge in [0, 0.05) is 17.9 Å². The summed E-state index contributed by atoms with van der Waals surface area (Å²) in [5.41, 5.74) is 1.57. The highest BCUT2D eigenvalue weighted by Gasteiger charge is 2.22. The number of benzene rings is 1. The lowest BCUT2D eigenvalue weighted by atomic mass is 10.3. The third-order valence-corrected chi connectivity index (χ3v) is 3.61. The van der Waals surface area contributed by atoms with E-state index in [4.69, 9.17) is 0 Å². The molecule has 1 atom stereocenters. The van der Waals surface area contributed by atoms with Gasteiger partial charge in [0.2, 0.25) is 5.95 Å². The Kier molecular flexibility index (Phi) is 2.35. The molecular weight excluding hydrogens is 273 g/mol. The minimum atomic E-state index is -0.234. The van der Waals surface area contributed by atoms with E-state index in [0.29, 0.717) is 4.83 Å². The third-order valence-electron chi connectivity index (χ3n) is 2.86. The Labute approximate surface area is 101 Å². The van der Waals surface area contributed by atoms with Crippen molar-refractivity contribution in [3.63, 3.8) is 0 Å². The maximum atomic E-state index is 13.0. The Morgan fingerprint density at radius 1 is 1.50 bits per heavy atom. The van der Waals surface area contributed by atoms with Crippen molar-refractivity contribution in [1.82, 2.24) is 9.97 Å². The van der Waals surface area contributed by atoms with Crippen LogP contribution in [0.4, 0.5) is 10.3 Å². The van der Waals surface area contributed by atoms with Crippen LogP contribution in [0.1, 0.15) is 6.42 Å². The molecule has 1 fully saturated rings. The lowest BCUT2D eigenvalue weighted by Crippen LogP contribution is -2.20. The minimum absolute atomic E-state index is 0.234. The second-order valence-electron chi connectivity index (χ2n) is 4.05. The number of hydrogen-bond acceptors (Lipinski definition) is 2. The van der Waals surface area contributed by atoms with Crippen LogP contribution in [0.2, 0.25) is 0 Å². The van der Waals surface area contributed by atoms with Gasteiger partial charge in [-0.25, -0.2) is 9.37 Å². The Morgan fingerprint density at radius 2 is 2.38 bits per heavy atom. The van der Waals surface area contributed by atoms with E-state index in [1.165, 1.54) is 12.1 Å². The maximum absolute atomic E-state index is 13.0. The van der Waals surface area contributed by atoms with Crippen LogP contribution in [0.3, 0.4) is 0 Å². The normalized spacial score (nSPS) is 20.9. The number of anilines is 1. The molecule has 0 saturated carbocycles. The van der Waals surface area contributed by atoms with Gasteiger partial charge in [-0.2, -0.15) is 0 Å². The molecule has 2 aromatic rings. The summed E-state index contributed by atoms with van der Waals surface area (Å²) in [5.74, 6) is 0.602. The van der Waals surface area contributed by atoms with Crippen molar-refractivity contribution in [2.24, 2.45) is 0 Å². The SMILES string of the molecule is Fc1ccc2nc(N3CCC(Br)C3)[nH]c2c1. The molecule has 2 heterocycles. The van der Waals surface area contributed by atoms with Gasteiger partial charge >= 0.3 is 0 Å². The zero-order valence-corrected chi connectivity index (χ0v) is 10.2. The van der Waals surface area contributed by atoms with Gasteiger partial charge in [0.15, 0.2) is 0 Å².